The fourth-order valence-corrected chi connectivity index (χ4v) is 2.67. The van der Waals surface area contributed by atoms with Gasteiger partial charge < -0.3 is 9.72 Å². The highest BCUT2D eigenvalue weighted by Crippen LogP contribution is 2.25. The molecular weight excluding hydrogens is 308 g/mol. The molecule has 0 aliphatic heterocycles. The van der Waals surface area contributed by atoms with E-state index < -0.39 is 0 Å². The SMILES string of the molecule is COCCn1cc(-c2[nH]c3c(C#N)cnn3c(=O)c2C(C)C)cn1. The van der Waals surface area contributed by atoms with Crippen molar-refractivity contribution in [2.45, 2.75) is 26.3 Å². The molecule has 1 N–H and O–H groups in total. The number of nitriles is 1. The Morgan fingerprint density at radius 1 is 1.38 bits per heavy atom. The number of aromatic nitrogens is 5. The predicted molar refractivity (Wildman–Crippen MR) is 87.7 cm³/mol. The van der Waals surface area contributed by atoms with Crippen molar-refractivity contribution in [2.24, 2.45) is 0 Å². The average Bonchev–Trinajstić information content (AvgIpc) is 3.18. The van der Waals surface area contributed by atoms with Crippen LogP contribution in [0.2, 0.25) is 0 Å². The van der Waals surface area contributed by atoms with Crippen LogP contribution in [-0.2, 0) is 11.3 Å². The van der Waals surface area contributed by atoms with Crippen LogP contribution < -0.4 is 5.56 Å². The summed E-state index contributed by atoms with van der Waals surface area (Å²) in [7, 11) is 1.63. The Hall–Kier alpha value is -2.92. The molecule has 0 aliphatic carbocycles. The quantitative estimate of drug-likeness (QED) is 0.766. The van der Waals surface area contributed by atoms with Gasteiger partial charge in [-0.15, -0.1) is 0 Å². The van der Waals surface area contributed by atoms with Gasteiger partial charge in [-0.05, 0) is 5.92 Å². The summed E-state index contributed by atoms with van der Waals surface area (Å²) in [4.78, 5) is 16.0. The topological polar surface area (TPSA) is 101 Å². The van der Waals surface area contributed by atoms with Crippen molar-refractivity contribution in [1.29, 1.82) is 5.26 Å². The number of nitrogens with zero attached hydrogens (tertiary/aromatic N) is 5. The van der Waals surface area contributed by atoms with Crippen LogP contribution in [0.3, 0.4) is 0 Å². The number of ether oxygens (including phenoxy) is 1. The van der Waals surface area contributed by atoms with Gasteiger partial charge in [0.05, 0.1) is 31.2 Å². The lowest BCUT2D eigenvalue weighted by Crippen LogP contribution is -2.22. The Bertz CT molecular complexity index is 973. The van der Waals surface area contributed by atoms with Crippen molar-refractivity contribution < 1.29 is 4.74 Å². The molecule has 24 heavy (non-hydrogen) atoms. The minimum Gasteiger partial charge on any atom is -0.383 e. The van der Waals surface area contributed by atoms with Crippen molar-refractivity contribution in [3.05, 3.63) is 40.1 Å². The Morgan fingerprint density at radius 2 is 2.17 bits per heavy atom. The lowest BCUT2D eigenvalue weighted by molar-refractivity contribution is 0.183. The molecule has 8 heteroatoms. The zero-order valence-electron chi connectivity index (χ0n) is 13.8. The highest BCUT2D eigenvalue weighted by Gasteiger charge is 2.20. The van der Waals surface area contributed by atoms with Crippen molar-refractivity contribution in [2.75, 3.05) is 13.7 Å². The number of aromatic amines is 1. The van der Waals surface area contributed by atoms with Crippen LogP contribution >= 0.6 is 0 Å². The lowest BCUT2D eigenvalue weighted by Gasteiger charge is -2.11. The van der Waals surface area contributed by atoms with Crippen LogP contribution in [0.25, 0.3) is 16.9 Å². The normalized spacial score (nSPS) is 11.3. The van der Waals surface area contributed by atoms with Crippen molar-refractivity contribution in [3.63, 3.8) is 0 Å². The van der Waals surface area contributed by atoms with Gasteiger partial charge in [0.2, 0.25) is 0 Å². The van der Waals surface area contributed by atoms with Crippen LogP contribution in [0.1, 0.15) is 30.9 Å². The van der Waals surface area contributed by atoms with Gasteiger partial charge >= 0.3 is 0 Å². The predicted octanol–water partition coefficient (Wildman–Crippen LogP) is 1.53. The smallest absolute Gasteiger partial charge is 0.278 e. The average molecular weight is 326 g/mol. The number of nitrogens with one attached hydrogen (secondary N) is 1. The second-order valence-electron chi connectivity index (χ2n) is 5.79. The van der Waals surface area contributed by atoms with Crippen LogP contribution in [0.4, 0.5) is 0 Å². The molecule has 0 saturated heterocycles. The van der Waals surface area contributed by atoms with E-state index in [1.165, 1.54) is 10.7 Å². The second-order valence-corrected chi connectivity index (χ2v) is 5.79. The summed E-state index contributed by atoms with van der Waals surface area (Å²) in [5, 5.41) is 17.5. The minimum absolute atomic E-state index is 0.00906. The molecule has 0 aliphatic rings. The van der Waals surface area contributed by atoms with Gasteiger partial charge in [0, 0.05) is 24.4 Å². The maximum atomic E-state index is 12.8. The first kappa shape index (κ1) is 16.0. The molecule has 124 valence electrons. The summed E-state index contributed by atoms with van der Waals surface area (Å²) in [5.74, 6) is -0.00906. The monoisotopic (exact) mass is 326 g/mol. The first-order valence-electron chi connectivity index (χ1n) is 7.62. The molecule has 8 nitrogen and oxygen atoms in total. The highest BCUT2D eigenvalue weighted by molar-refractivity contribution is 5.67. The first-order valence-corrected chi connectivity index (χ1v) is 7.62. The van der Waals surface area contributed by atoms with Gasteiger partial charge in [0.25, 0.3) is 5.56 Å². The van der Waals surface area contributed by atoms with Gasteiger partial charge in [0.1, 0.15) is 11.6 Å². The van der Waals surface area contributed by atoms with E-state index >= 15 is 0 Å². The molecule has 0 amide bonds. The van der Waals surface area contributed by atoms with E-state index in [9.17, 15) is 10.1 Å². The standard InChI is InChI=1S/C16H18N6O2/c1-10(2)13-14(12-8-18-21(9-12)4-5-24-3)20-15-11(6-17)7-19-22(15)16(13)23/h7-10,20H,4-5H2,1-3H3. The van der Waals surface area contributed by atoms with Crippen LogP contribution in [0.5, 0.6) is 0 Å². The number of H-pyrrole nitrogens is 1. The molecule has 0 spiro atoms. The van der Waals surface area contributed by atoms with E-state index in [1.54, 1.807) is 18.0 Å². The van der Waals surface area contributed by atoms with Crippen molar-refractivity contribution in [3.8, 4) is 17.3 Å². The third-order valence-electron chi connectivity index (χ3n) is 3.85. The van der Waals surface area contributed by atoms with Crippen molar-refractivity contribution >= 4 is 5.65 Å². The van der Waals surface area contributed by atoms with E-state index in [0.29, 0.717) is 35.6 Å². The first-order chi connectivity index (χ1) is 11.6. The highest BCUT2D eigenvalue weighted by atomic mass is 16.5. The lowest BCUT2D eigenvalue weighted by atomic mass is 10.00. The third kappa shape index (κ3) is 2.59. The van der Waals surface area contributed by atoms with Gasteiger partial charge in [-0.1, -0.05) is 13.8 Å². The fourth-order valence-electron chi connectivity index (χ4n) is 2.67. The second kappa shape index (κ2) is 6.29. The Balaban J connectivity index is 2.22. The molecule has 3 aromatic heterocycles. The summed E-state index contributed by atoms with van der Waals surface area (Å²) in [5.41, 5.74) is 2.57. The van der Waals surface area contributed by atoms with Gasteiger partial charge in [-0.25, -0.2) is 0 Å². The minimum atomic E-state index is -0.222. The summed E-state index contributed by atoms with van der Waals surface area (Å²) in [6.45, 7) is 5.07. The molecule has 0 unspecified atom stereocenters. The Kier molecular flexibility index (Phi) is 4.18. The van der Waals surface area contributed by atoms with Crippen LogP contribution in [0.15, 0.2) is 23.4 Å². The summed E-state index contributed by atoms with van der Waals surface area (Å²) in [6, 6.07) is 2.05. The number of rotatable bonds is 5. The maximum absolute atomic E-state index is 12.8. The molecule has 3 rings (SSSR count). The molecule has 0 aromatic carbocycles. The Labute approximate surface area is 138 Å². The number of methoxy groups -OCH3 is 1. The molecular formula is C16H18N6O2. The molecule has 0 radical (unpaired) electrons. The molecule has 0 fully saturated rings. The fraction of sp³-hybridized carbons (Fsp3) is 0.375. The van der Waals surface area contributed by atoms with E-state index in [1.807, 2.05) is 26.1 Å². The molecule has 0 bridgehead atoms. The number of fused-ring (bicyclic) bond motifs is 1. The van der Waals surface area contributed by atoms with Crippen molar-refractivity contribution in [1.82, 2.24) is 24.4 Å². The zero-order chi connectivity index (χ0) is 17.3. The van der Waals surface area contributed by atoms with Gasteiger partial charge in [-0.2, -0.15) is 20.0 Å². The summed E-state index contributed by atoms with van der Waals surface area (Å²) >= 11 is 0. The van der Waals surface area contributed by atoms with Crippen LogP contribution in [0, 0.1) is 11.3 Å². The Morgan fingerprint density at radius 3 is 2.83 bits per heavy atom. The number of hydrogen-bond acceptors (Lipinski definition) is 5. The van der Waals surface area contributed by atoms with E-state index in [-0.39, 0.29) is 11.5 Å². The van der Waals surface area contributed by atoms with E-state index in [2.05, 4.69) is 15.2 Å². The van der Waals surface area contributed by atoms with E-state index in [4.69, 9.17) is 4.74 Å². The summed E-state index contributed by atoms with van der Waals surface area (Å²) < 4.78 is 8.05. The molecule has 3 heterocycles. The van der Waals surface area contributed by atoms with Crippen LogP contribution in [-0.4, -0.2) is 38.1 Å². The van der Waals surface area contributed by atoms with Gasteiger partial charge in [-0.3, -0.25) is 9.48 Å². The molecule has 3 aromatic rings. The largest absolute Gasteiger partial charge is 0.383 e. The summed E-state index contributed by atoms with van der Waals surface area (Å²) in [6.07, 6.45) is 4.95. The van der Waals surface area contributed by atoms with Gasteiger partial charge in [0.15, 0.2) is 5.65 Å². The molecule has 0 saturated carbocycles. The zero-order valence-corrected chi connectivity index (χ0v) is 13.8. The molecule has 0 atom stereocenters. The van der Waals surface area contributed by atoms with E-state index in [0.717, 1.165) is 5.56 Å². The maximum Gasteiger partial charge on any atom is 0.278 e. The third-order valence-corrected chi connectivity index (χ3v) is 3.85. The number of hydrogen-bond donors (Lipinski definition) is 1.